The minimum Gasteiger partial charge on any atom is -0.505 e. The van der Waals surface area contributed by atoms with Crippen LogP contribution in [0.25, 0.3) is 0 Å². The van der Waals surface area contributed by atoms with Crippen molar-refractivity contribution < 1.29 is 40.8 Å². The van der Waals surface area contributed by atoms with Crippen molar-refractivity contribution in [3.8, 4) is 11.5 Å². The molecule has 11 heteroatoms. The zero-order valence-corrected chi connectivity index (χ0v) is 9.91. The summed E-state index contributed by atoms with van der Waals surface area (Å²) in [5, 5.41) is 17.9. The Morgan fingerprint density at radius 2 is 1.95 bits per heavy atom. The molecule has 19 heavy (non-hydrogen) atoms. The Bertz CT molecular complexity index is 624. The Kier molecular flexibility index (Phi) is 3.61. The van der Waals surface area contributed by atoms with Crippen LogP contribution >= 0.6 is 0 Å². The van der Waals surface area contributed by atoms with Gasteiger partial charge in [0.2, 0.25) is 0 Å². The number of alkyl halides is 3. The number of pyridine rings is 1. The second kappa shape index (κ2) is 4.57. The molecule has 0 fully saturated rings. The molecule has 0 aromatic carbocycles. The van der Waals surface area contributed by atoms with E-state index < -0.39 is 44.4 Å². The first-order chi connectivity index (χ1) is 8.47. The zero-order chi connectivity index (χ0) is 15.0. The van der Waals surface area contributed by atoms with E-state index in [2.05, 4.69) is 9.17 Å². The molecule has 1 aromatic rings. The average molecular weight is 301 g/mol. The van der Waals surface area contributed by atoms with Gasteiger partial charge in [-0.05, 0) is 6.92 Å². The average Bonchev–Trinajstić information content (AvgIpc) is 2.22. The van der Waals surface area contributed by atoms with E-state index in [1.54, 1.807) is 0 Å². The maximum atomic E-state index is 12.1. The summed E-state index contributed by atoms with van der Waals surface area (Å²) in [5.41, 5.74) is -6.99. The van der Waals surface area contributed by atoms with Gasteiger partial charge >= 0.3 is 21.6 Å². The lowest BCUT2D eigenvalue weighted by atomic mass is 10.2. The van der Waals surface area contributed by atoms with E-state index in [4.69, 9.17) is 5.11 Å². The van der Waals surface area contributed by atoms with Gasteiger partial charge in [0.15, 0.2) is 17.2 Å². The Labute approximate surface area is 104 Å². The van der Waals surface area contributed by atoms with Gasteiger partial charge in [0, 0.05) is 5.56 Å². The number of carboxylic acids is 1. The molecule has 1 rings (SSSR count). The van der Waals surface area contributed by atoms with Crippen LogP contribution in [0.3, 0.4) is 0 Å². The third-order valence-corrected chi connectivity index (χ3v) is 2.91. The Morgan fingerprint density at radius 3 is 2.37 bits per heavy atom. The van der Waals surface area contributed by atoms with E-state index >= 15 is 0 Å². The lowest BCUT2D eigenvalue weighted by Crippen LogP contribution is -2.28. The van der Waals surface area contributed by atoms with Crippen molar-refractivity contribution in [2.75, 3.05) is 0 Å². The highest BCUT2D eigenvalue weighted by molar-refractivity contribution is 7.88. The minimum atomic E-state index is -5.92. The fourth-order valence-electron chi connectivity index (χ4n) is 0.981. The van der Waals surface area contributed by atoms with E-state index in [0.29, 0.717) is 6.20 Å². The predicted molar refractivity (Wildman–Crippen MR) is 53.2 cm³/mol. The van der Waals surface area contributed by atoms with E-state index in [0.717, 1.165) is 6.92 Å². The highest BCUT2D eigenvalue weighted by Gasteiger charge is 2.48. The molecule has 0 unspecified atom stereocenters. The van der Waals surface area contributed by atoms with Crippen LogP contribution in [0.15, 0.2) is 6.20 Å². The van der Waals surface area contributed by atoms with Crippen molar-refractivity contribution in [2.24, 2.45) is 0 Å². The predicted octanol–water partition coefficient (Wildman–Crippen LogP) is 1.02. The second-order valence-electron chi connectivity index (χ2n) is 3.23. The molecule has 0 bridgehead atoms. The molecule has 7 nitrogen and oxygen atoms in total. The number of aromatic carboxylic acids is 1. The lowest BCUT2D eigenvalue weighted by molar-refractivity contribution is -0.0500. The SMILES string of the molecule is Cc1c(OS(=O)(=O)C(F)(F)F)cnc(C(=O)O)c1O. The fraction of sp³-hybridized carbons (Fsp3) is 0.250. The summed E-state index contributed by atoms with van der Waals surface area (Å²) >= 11 is 0. The summed E-state index contributed by atoms with van der Waals surface area (Å²) in [6, 6.07) is 0. The van der Waals surface area contributed by atoms with Crippen molar-refractivity contribution >= 4 is 16.1 Å². The fourth-order valence-corrected chi connectivity index (χ4v) is 1.48. The number of carbonyl (C=O) groups is 1. The molecule has 0 atom stereocenters. The van der Waals surface area contributed by atoms with Crippen molar-refractivity contribution in [2.45, 2.75) is 12.4 Å². The van der Waals surface area contributed by atoms with E-state index in [9.17, 15) is 31.5 Å². The Hall–Kier alpha value is -2.04. The summed E-state index contributed by atoms with van der Waals surface area (Å²) < 4.78 is 61.4. The number of halogens is 3. The number of hydrogen-bond donors (Lipinski definition) is 2. The van der Waals surface area contributed by atoms with Crippen LogP contribution in [0.1, 0.15) is 16.1 Å². The van der Waals surface area contributed by atoms with Crippen LogP contribution in [-0.4, -0.2) is 35.1 Å². The van der Waals surface area contributed by atoms with Gasteiger partial charge in [-0.1, -0.05) is 0 Å². The minimum absolute atomic E-state index is 0.460. The van der Waals surface area contributed by atoms with Gasteiger partial charge < -0.3 is 14.4 Å². The monoisotopic (exact) mass is 301 g/mol. The summed E-state index contributed by atoms with van der Waals surface area (Å²) in [5.74, 6) is -3.53. The first-order valence-electron chi connectivity index (χ1n) is 4.40. The number of nitrogens with zero attached hydrogens (tertiary/aromatic N) is 1. The van der Waals surface area contributed by atoms with Gasteiger partial charge in [-0.25, -0.2) is 9.78 Å². The first-order valence-corrected chi connectivity index (χ1v) is 5.81. The molecular weight excluding hydrogens is 295 g/mol. The van der Waals surface area contributed by atoms with Crippen molar-refractivity contribution in [1.82, 2.24) is 4.98 Å². The molecule has 1 heterocycles. The maximum Gasteiger partial charge on any atom is 0.534 e. The number of hydrogen-bond acceptors (Lipinski definition) is 6. The Morgan fingerprint density at radius 1 is 1.42 bits per heavy atom. The van der Waals surface area contributed by atoms with E-state index in [1.807, 2.05) is 0 Å². The van der Waals surface area contributed by atoms with Gasteiger partial charge in [-0.3, -0.25) is 0 Å². The van der Waals surface area contributed by atoms with Gasteiger partial charge in [0.25, 0.3) is 0 Å². The number of carboxylic acid groups (broad SMARTS) is 1. The molecule has 106 valence electrons. The van der Waals surface area contributed by atoms with Crippen LogP contribution in [-0.2, 0) is 10.1 Å². The van der Waals surface area contributed by atoms with Crippen LogP contribution in [0.5, 0.6) is 11.5 Å². The second-order valence-corrected chi connectivity index (χ2v) is 4.77. The quantitative estimate of drug-likeness (QED) is 0.632. The molecular formula is C8H6F3NO6S. The van der Waals surface area contributed by atoms with Gasteiger partial charge in [-0.15, -0.1) is 0 Å². The molecule has 0 radical (unpaired) electrons. The van der Waals surface area contributed by atoms with Crippen LogP contribution < -0.4 is 4.18 Å². The molecule has 0 amide bonds. The molecule has 1 aromatic heterocycles. The zero-order valence-electron chi connectivity index (χ0n) is 9.09. The van der Waals surface area contributed by atoms with E-state index in [1.165, 1.54) is 0 Å². The normalized spacial score (nSPS) is 12.2. The standard InChI is InChI=1S/C8H6F3NO6S/c1-3-4(18-19(16,17)8(9,10)11)2-12-5(6(3)13)7(14)15/h2,13H,1H3,(H,14,15). The van der Waals surface area contributed by atoms with Crippen molar-refractivity contribution in [1.29, 1.82) is 0 Å². The van der Waals surface area contributed by atoms with Gasteiger partial charge in [0.1, 0.15) is 0 Å². The highest BCUT2D eigenvalue weighted by atomic mass is 32.2. The van der Waals surface area contributed by atoms with Gasteiger partial charge in [-0.2, -0.15) is 21.6 Å². The number of aromatic hydroxyl groups is 1. The molecule has 0 saturated heterocycles. The summed E-state index contributed by atoms with van der Waals surface area (Å²) in [6.45, 7) is 0.977. The summed E-state index contributed by atoms with van der Waals surface area (Å²) in [4.78, 5) is 13.7. The summed E-state index contributed by atoms with van der Waals surface area (Å²) in [7, 11) is -5.92. The molecule has 0 spiro atoms. The smallest absolute Gasteiger partial charge is 0.505 e. The lowest BCUT2D eigenvalue weighted by Gasteiger charge is -2.12. The first kappa shape index (κ1) is 15.0. The third-order valence-electron chi connectivity index (χ3n) is 1.95. The molecule has 0 aliphatic carbocycles. The molecule has 0 saturated carbocycles. The van der Waals surface area contributed by atoms with Crippen LogP contribution in [0, 0.1) is 6.92 Å². The number of aromatic nitrogens is 1. The molecule has 0 aliphatic rings. The third kappa shape index (κ3) is 2.86. The molecule has 2 N–H and O–H groups in total. The summed E-state index contributed by atoms with van der Waals surface area (Å²) in [6.07, 6.45) is 0.460. The Balaban J connectivity index is 3.27. The van der Waals surface area contributed by atoms with Gasteiger partial charge in [0.05, 0.1) is 6.20 Å². The van der Waals surface area contributed by atoms with E-state index in [-0.39, 0.29) is 0 Å². The highest BCUT2D eigenvalue weighted by Crippen LogP contribution is 2.32. The largest absolute Gasteiger partial charge is 0.534 e. The van der Waals surface area contributed by atoms with Crippen LogP contribution in [0.4, 0.5) is 13.2 Å². The van der Waals surface area contributed by atoms with Crippen LogP contribution in [0.2, 0.25) is 0 Å². The topological polar surface area (TPSA) is 114 Å². The maximum absolute atomic E-state index is 12.1. The number of rotatable bonds is 3. The van der Waals surface area contributed by atoms with Crippen molar-refractivity contribution in [3.63, 3.8) is 0 Å². The van der Waals surface area contributed by atoms with Crippen molar-refractivity contribution in [3.05, 3.63) is 17.5 Å². The molecule has 0 aliphatic heterocycles.